The third kappa shape index (κ3) is 6.69. The molecule has 13 nitrogen and oxygen atoms in total. The van der Waals surface area contributed by atoms with Gasteiger partial charge in [-0.3, -0.25) is 19.3 Å². The summed E-state index contributed by atoms with van der Waals surface area (Å²) in [6.07, 6.45) is 0.739. The smallest absolute Gasteiger partial charge is 0.408 e. The van der Waals surface area contributed by atoms with Gasteiger partial charge in [0, 0.05) is 12.6 Å². The fourth-order valence-electron chi connectivity index (χ4n) is 4.68. The van der Waals surface area contributed by atoms with Gasteiger partial charge in [-0.1, -0.05) is 48.5 Å². The van der Waals surface area contributed by atoms with Gasteiger partial charge in [-0.2, -0.15) is 5.10 Å². The minimum atomic E-state index is -1.22. The minimum Gasteiger partial charge on any atom is -0.481 e. The highest BCUT2D eigenvalue weighted by Gasteiger charge is 2.44. The van der Waals surface area contributed by atoms with Crippen LogP contribution in [0.15, 0.2) is 53.6 Å². The van der Waals surface area contributed by atoms with E-state index in [0.717, 1.165) is 22.9 Å². The van der Waals surface area contributed by atoms with E-state index in [0.29, 0.717) is 18.5 Å². The van der Waals surface area contributed by atoms with Crippen LogP contribution in [0.5, 0.6) is 0 Å². The summed E-state index contributed by atoms with van der Waals surface area (Å²) in [6, 6.07) is 10.6. The van der Waals surface area contributed by atoms with Crippen molar-refractivity contribution in [2.24, 2.45) is 10.8 Å². The van der Waals surface area contributed by atoms with E-state index in [4.69, 9.17) is 10.5 Å². The van der Waals surface area contributed by atoms with Crippen LogP contribution < -0.4 is 26.7 Å². The first-order valence-corrected chi connectivity index (χ1v) is 12.2. The van der Waals surface area contributed by atoms with Crippen LogP contribution in [-0.2, 0) is 38.6 Å². The van der Waals surface area contributed by atoms with Gasteiger partial charge in [0.25, 0.3) is 0 Å². The molecule has 2 heterocycles. The number of anilines is 1. The third-order valence-electron chi connectivity index (χ3n) is 6.37. The molecule has 13 heteroatoms. The second kappa shape index (κ2) is 12.1. The van der Waals surface area contributed by atoms with Crippen molar-refractivity contribution >= 4 is 41.8 Å². The molecule has 5 amide bonds. The number of nitrogens with one attached hydrogen (secondary N) is 3. The number of amides is 5. The molecule has 0 aliphatic carbocycles. The highest BCUT2D eigenvalue weighted by molar-refractivity contribution is 6.08. The lowest BCUT2D eigenvalue weighted by atomic mass is 10.0. The van der Waals surface area contributed by atoms with Gasteiger partial charge < -0.3 is 26.2 Å². The molecule has 2 aliphatic heterocycles. The Morgan fingerprint density at radius 2 is 1.87 bits per heavy atom. The minimum absolute atomic E-state index is 0.0316. The molecule has 6 N–H and O–H groups in total. The number of para-hydroxylation sites is 1. The van der Waals surface area contributed by atoms with Gasteiger partial charge in [-0.25, -0.2) is 15.0 Å². The van der Waals surface area contributed by atoms with Crippen LogP contribution in [0, 0.1) is 0 Å². The summed E-state index contributed by atoms with van der Waals surface area (Å²) in [6.45, 7) is 0.0316. The number of aliphatic carboxylic acids is 1. The molecule has 0 unspecified atom stereocenters. The molecule has 204 valence electrons. The Morgan fingerprint density at radius 1 is 1.13 bits per heavy atom. The van der Waals surface area contributed by atoms with E-state index in [1.54, 1.807) is 0 Å². The van der Waals surface area contributed by atoms with E-state index >= 15 is 0 Å². The normalized spacial score (nSPS) is 18.6. The van der Waals surface area contributed by atoms with Crippen molar-refractivity contribution in [3.63, 3.8) is 0 Å². The van der Waals surface area contributed by atoms with E-state index < -0.39 is 54.5 Å². The van der Waals surface area contributed by atoms with E-state index in [-0.39, 0.29) is 13.0 Å². The molecule has 2 aromatic carbocycles. The van der Waals surface area contributed by atoms with E-state index in [2.05, 4.69) is 15.7 Å². The first-order chi connectivity index (χ1) is 18.7. The van der Waals surface area contributed by atoms with Crippen LogP contribution in [0.25, 0.3) is 0 Å². The molecule has 0 fully saturated rings. The van der Waals surface area contributed by atoms with Gasteiger partial charge in [0.05, 0.1) is 18.2 Å². The Kier molecular flexibility index (Phi) is 8.39. The highest BCUT2D eigenvalue weighted by Crippen LogP contribution is 2.39. The summed E-state index contributed by atoms with van der Waals surface area (Å²) in [5.74, 6) is -2.31. The van der Waals surface area contributed by atoms with Crippen LogP contribution in [0.4, 0.5) is 15.3 Å². The molecule has 0 saturated heterocycles. The number of primary amides is 1. The Balaban J connectivity index is 1.51. The highest BCUT2D eigenvalue weighted by atomic mass is 16.5. The quantitative estimate of drug-likeness (QED) is 0.231. The van der Waals surface area contributed by atoms with E-state index in [1.165, 1.54) is 4.90 Å². The number of nitrogens with zero attached hydrogens (tertiary/aromatic N) is 2. The molecular formula is C26H28N6O7. The second-order valence-corrected chi connectivity index (χ2v) is 9.12. The second-order valence-electron chi connectivity index (χ2n) is 9.12. The maximum Gasteiger partial charge on any atom is 0.408 e. The number of benzene rings is 2. The number of carbonyl (C=O) groups excluding carboxylic acids is 4. The lowest BCUT2D eigenvalue weighted by molar-refractivity contribution is -0.137. The van der Waals surface area contributed by atoms with E-state index in [1.807, 2.05) is 54.0 Å². The van der Waals surface area contributed by atoms with Crippen molar-refractivity contribution in [2.75, 3.05) is 4.90 Å². The molecule has 0 saturated carbocycles. The van der Waals surface area contributed by atoms with Gasteiger partial charge in [0.1, 0.15) is 18.7 Å². The number of carboxylic acids is 1. The number of carbonyl (C=O) groups is 5. The number of urea groups is 1. The zero-order valence-corrected chi connectivity index (χ0v) is 20.8. The average molecular weight is 537 g/mol. The monoisotopic (exact) mass is 536 g/mol. The topological polar surface area (TPSA) is 193 Å². The Morgan fingerprint density at radius 3 is 2.59 bits per heavy atom. The summed E-state index contributed by atoms with van der Waals surface area (Å²) < 4.78 is 5.29. The molecule has 0 spiro atoms. The third-order valence-corrected chi connectivity index (χ3v) is 6.37. The zero-order valence-electron chi connectivity index (χ0n) is 20.8. The molecule has 3 atom stereocenters. The Bertz CT molecular complexity index is 1300. The number of ether oxygens (including phenoxy) is 1. The number of hydrogen-bond acceptors (Lipinski definition) is 7. The largest absolute Gasteiger partial charge is 0.481 e. The molecule has 2 aliphatic rings. The molecule has 39 heavy (non-hydrogen) atoms. The first kappa shape index (κ1) is 27.1. The summed E-state index contributed by atoms with van der Waals surface area (Å²) in [7, 11) is 0. The predicted octanol–water partition coefficient (Wildman–Crippen LogP) is 0.799. The van der Waals surface area contributed by atoms with Crippen molar-refractivity contribution in [1.29, 1.82) is 0 Å². The van der Waals surface area contributed by atoms with Crippen LogP contribution in [0.2, 0.25) is 0 Å². The molecule has 2 aromatic rings. The summed E-state index contributed by atoms with van der Waals surface area (Å²) in [5, 5.41) is 18.0. The molecule has 0 aromatic heterocycles. The van der Waals surface area contributed by atoms with Crippen LogP contribution in [0.3, 0.4) is 0 Å². The van der Waals surface area contributed by atoms with Gasteiger partial charge in [-0.15, -0.1) is 0 Å². The number of rotatable bonds is 9. The number of hydrogen-bond donors (Lipinski definition) is 5. The Labute approximate surface area is 223 Å². The van der Waals surface area contributed by atoms with Crippen molar-refractivity contribution in [3.05, 3.63) is 65.2 Å². The first-order valence-electron chi connectivity index (χ1n) is 12.2. The van der Waals surface area contributed by atoms with Crippen molar-refractivity contribution in [2.45, 2.75) is 50.4 Å². The maximum atomic E-state index is 13.7. The van der Waals surface area contributed by atoms with Gasteiger partial charge in [0.2, 0.25) is 11.8 Å². The van der Waals surface area contributed by atoms with Crippen LogP contribution in [-0.4, -0.2) is 59.4 Å². The summed E-state index contributed by atoms with van der Waals surface area (Å²) in [5.41, 5.74) is 9.96. The number of aryl methyl sites for hydroxylation is 1. The van der Waals surface area contributed by atoms with Gasteiger partial charge in [0.15, 0.2) is 0 Å². The van der Waals surface area contributed by atoms with Crippen LogP contribution >= 0.6 is 0 Å². The SMILES string of the molecule is NC(=O)NN=C[C@H](CC(=O)O)NC(=O)[C@@H]1Cc2cccc3c2N1C(=O)[C@@H](NC(=O)OCc1ccccc1)CC3. The zero-order chi connectivity index (χ0) is 27.9. The van der Waals surface area contributed by atoms with Gasteiger partial charge in [-0.05, 0) is 29.5 Å². The fourth-order valence-corrected chi connectivity index (χ4v) is 4.68. The summed E-state index contributed by atoms with van der Waals surface area (Å²) >= 11 is 0. The molecule has 4 rings (SSSR count). The summed E-state index contributed by atoms with van der Waals surface area (Å²) in [4.78, 5) is 63.2. The number of carboxylic acid groups (broad SMARTS) is 1. The lowest BCUT2D eigenvalue weighted by Crippen LogP contribution is -2.56. The van der Waals surface area contributed by atoms with Crippen LogP contribution in [0.1, 0.15) is 29.5 Å². The average Bonchev–Trinajstić information content (AvgIpc) is 3.23. The number of alkyl carbamates (subject to hydrolysis) is 1. The fraction of sp³-hybridized carbons (Fsp3) is 0.308. The molecular weight excluding hydrogens is 508 g/mol. The number of nitrogens with two attached hydrogens (primary N) is 1. The van der Waals surface area contributed by atoms with E-state index in [9.17, 15) is 29.1 Å². The Hall–Kier alpha value is -4.94. The standard InChI is InChI=1S/C26H28N6O7/c27-25(37)31-28-13-18(12-21(33)34)29-23(35)20-11-17-8-4-7-16-9-10-19(24(36)32(20)22(16)17)30-26(38)39-14-15-5-2-1-3-6-15/h1-8,13,18-20H,9-12,14H2,(H,29,35)(H,30,38)(H,33,34)(H3,27,31,37)/t18-,19-,20-/m0/s1. The molecule has 0 radical (unpaired) electrons. The maximum absolute atomic E-state index is 13.7. The van der Waals surface area contributed by atoms with Gasteiger partial charge >= 0.3 is 18.1 Å². The lowest BCUT2D eigenvalue weighted by Gasteiger charge is -2.28. The molecule has 0 bridgehead atoms. The number of hydrazone groups is 1. The van der Waals surface area contributed by atoms with Crippen molar-refractivity contribution < 1.29 is 33.8 Å². The van der Waals surface area contributed by atoms with Crippen molar-refractivity contribution in [3.8, 4) is 0 Å². The predicted molar refractivity (Wildman–Crippen MR) is 139 cm³/mol. The van der Waals surface area contributed by atoms with Crippen molar-refractivity contribution in [1.82, 2.24) is 16.1 Å².